The summed E-state index contributed by atoms with van der Waals surface area (Å²) in [4.78, 5) is 16.2. The number of rotatable bonds is 3. The molecule has 0 aliphatic rings. The van der Waals surface area contributed by atoms with Crippen molar-refractivity contribution in [2.24, 2.45) is 0 Å². The summed E-state index contributed by atoms with van der Waals surface area (Å²) >= 11 is 3.16. The quantitative estimate of drug-likeness (QED) is 0.800. The van der Waals surface area contributed by atoms with E-state index in [9.17, 15) is 4.79 Å². The van der Waals surface area contributed by atoms with Gasteiger partial charge in [-0.15, -0.1) is 0 Å². The van der Waals surface area contributed by atoms with Gasteiger partial charge < -0.3 is 9.73 Å². The van der Waals surface area contributed by atoms with Crippen molar-refractivity contribution in [1.82, 2.24) is 14.8 Å². The zero-order chi connectivity index (χ0) is 13.9. The maximum atomic E-state index is 12.0. The third kappa shape index (κ3) is 2.48. The molecule has 0 fully saturated rings. The molecule has 3 rings (SSSR count). The predicted molar refractivity (Wildman–Crippen MR) is 75.7 cm³/mol. The Morgan fingerprint density at radius 1 is 1.35 bits per heavy atom. The molecule has 0 aliphatic carbocycles. The second-order valence-electron chi connectivity index (χ2n) is 3.92. The molecule has 3 aromatic rings. The maximum absolute atomic E-state index is 12.0. The van der Waals surface area contributed by atoms with Crippen molar-refractivity contribution < 1.29 is 9.21 Å². The van der Waals surface area contributed by atoms with Crippen LogP contribution in [0, 0.1) is 0 Å². The summed E-state index contributed by atoms with van der Waals surface area (Å²) in [7, 11) is 0. The van der Waals surface area contributed by atoms with E-state index in [4.69, 9.17) is 4.42 Å². The first-order valence-corrected chi connectivity index (χ1v) is 6.54. The molecule has 0 radical (unpaired) electrons. The fourth-order valence-electron chi connectivity index (χ4n) is 1.65. The number of nitrogens with one attached hydrogen (secondary N) is 1. The summed E-state index contributed by atoms with van der Waals surface area (Å²) in [6.07, 6.45) is 6.48. The molecule has 0 spiro atoms. The molecule has 0 saturated carbocycles. The maximum Gasteiger partial charge on any atom is 0.260 e. The summed E-state index contributed by atoms with van der Waals surface area (Å²) in [5.74, 6) is 0.414. The third-order valence-electron chi connectivity index (χ3n) is 2.61. The van der Waals surface area contributed by atoms with Gasteiger partial charge in [-0.1, -0.05) is 0 Å². The van der Waals surface area contributed by atoms with Crippen LogP contribution in [0.25, 0.3) is 5.82 Å². The number of hydrogen-bond donors (Lipinski definition) is 1. The first-order chi connectivity index (χ1) is 9.74. The molecule has 0 aromatic carbocycles. The highest BCUT2D eigenvalue weighted by molar-refractivity contribution is 9.10. The van der Waals surface area contributed by atoms with Crippen LogP contribution in [-0.2, 0) is 0 Å². The fourth-order valence-corrected chi connectivity index (χ4v) is 2.07. The van der Waals surface area contributed by atoms with Gasteiger partial charge in [0.1, 0.15) is 0 Å². The summed E-state index contributed by atoms with van der Waals surface area (Å²) in [6, 6.07) is 6.93. The van der Waals surface area contributed by atoms with E-state index >= 15 is 0 Å². The van der Waals surface area contributed by atoms with Crippen molar-refractivity contribution in [2.45, 2.75) is 0 Å². The first kappa shape index (κ1) is 12.6. The summed E-state index contributed by atoms with van der Waals surface area (Å²) in [6.45, 7) is 0. The van der Waals surface area contributed by atoms with Crippen LogP contribution in [0.1, 0.15) is 10.4 Å². The van der Waals surface area contributed by atoms with Gasteiger partial charge in [0.25, 0.3) is 5.91 Å². The molecule has 7 heteroatoms. The van der Waals surface area contributed by atoms with Crippen molar-refractivity contribution >= 4 is 27.5 Å². The SMILES string of the molecule is O=C(Nc1ccc(-n2cccn2)nc1)c1ccoc1Br. The Kier molecular flexibility index (Phi) is 3.34. The molecular weight excluding hydrogens is 324 g/mol. The Morgan fingerprint density at radius 2 is 2.25 bits per heavy atom. The molecular formula is C13H9BrN4O2. The number of hydrogen-bond acceptors (Lipinski definition) is 4. The molecule has 3 aromatic heterocycles. The van der Waals surface area contributed by atoms with Crippen molar-refractivity contribution in [1.29, 1.82) is 0 Å². The molecule has 0 aliphatic heterocycles. The fraction of sp³-hybridized carbons (Fsp3) is 0. The molecule has 1 N–H and O–H groups in total. The van der Waals surface area contributed by atoms with Crippen molar-refractivity contribution in [3.05, 3.63) is 59.4 Å². The van der Waals surface area contributed by atoms with Gasteiger partial charge in [-0.05, 0) is 40.2 Å². The highest BCUT2D eigenvalue weighted by Gasteiger charge is 2.12. The van der Waals surface area contributed by atoms with E-state index < -0.39 is 0 Å². The van der Waals surface area contributed by atoms with Crippen LogP contribution in [0.15, 0.2) is 58.2 Å². The van der Waals surface area contributed by atoms with Gasteiger partial charge in [0, 0.05) is 12.4 Å². The number of furan rings is 1. The lowest BCUT2D eigenvalue weighted by atomic mass is 10.3. The van der Waals surface area contributed by atoms with Gasteiger partial charge in [0.2, 0.25) is 0 Å². The van der Waals surface area contributed by atoms with Crippen LogP contribution in [0.5, 0.6) is 0 Å². The highest BCUT2D eigenvalue weighted by atomic mass is 79.9. The smallest absolute Gasteiger partial charge is 0.260 e. The molecule has 0 atom stereocenters. The van der Waals surface area contributed by atoms with Crippen molar-refractivity contribution in [3.63, 3.8) is 0 Å². The minimum atomic E-state index is -0.265. The number of aromatic nitrogens is 3. The van der Waals surface area contributed by atoms with Crippen LogP contribution in [0.4, 0.5) is 5.69 Å². The monoisotopic (exact) mass is 332 g/mol. The number of carbonyl (C=O) groups excluding carboxylic acids is 1. The third-order valence-corrected chi connectivity index (χ3v) is 3.22. The topological polar surface area (TPSA) is 73.0 Å². The van der Waals surface area contributed by atoms with E-state index in [-0.39, 0.29) is 5.91 Å². The van der Waals surface area contributed by atoms with Crippen LogP contribution < -0.4 is 5.32 Å². The average Bonchev–Trinajstić information content (AvgIpc) is 3.10. The molecule has 3 heterocycles. The van der Waals surface area contributed by atoms with Gasteiger partial charge in [-0.2, -0.15) is 5.10 Å². The number of carbonyl (C=O) groups is 1. The lowest BCUT2D eigenvalue weighted by molar-refractivity contribution is 0.102. The lowest BCUT2D eigenvalue weighted by Gasteiger charge is -2.05. The Morgan fingerprint density at radius 3 is 2.85 bits per heavy atom. The molecule has 100 valence electrons. The standard InChI is InChI=1S/C13H9BrN4O2/c14-12-10(4-7-20-12)13(19)17-9-2-3-11(15-8-9)18-6-1-5-16-18/h1-8H,(H,17,19). The van der Waals surface area contributed by atoms with E-state index in [1.807, 2.05) is 6.07 Å². The Bertz CT molecular complexity index is 719. The Balaban J connectivity index is 1.76. The number of amides is 1. The van der Waals surface area contributed by atoms with Gasteiger partial charge >= 0.3 is 0 Å². The van der Waals surface area contributed by atoms with Gasteiger partial charge in [-0.3, -0.25) is 4.79 Å². The minimum absolute atomic E-state index is 0.265. The molecule has 0 bridgehead atoms. The number of halogens is 1. The predicted octanol–water partition coefficient (Wildman–Crippen LogP) is 2.88. The molecule has 6 nitrogen and oxygen atoms in total. The zero-order valence-electron chi connectivity index (χ0n) is 10.2. The summed E-state index contributed by atoms with van der Waals surface area (Å²) in [5, 5.41) is 6.81. The highest BCUT2D eigenvalue weighted by Crippen LogP contribution is 2.19. The van der Waals surface area contributed by atoms with Gasteiger partial charge in [0.15, 0.2) is 10.5 Å². The normalized spacial score (nSPS) is 10.4. The summed E-state index contributed by atoms with van der Waals surface area (Å²) in [5.41, 5.74) is 1.03. The van der Waals surface area contributed by atoms with Crippen molar-refractivity contribution in [3.8, 4) is 5.82 Å². The molecule has 0 unspecified atom stereocenters. The summed E-state index contributed by atoms with van der Waals surface area (Å²) < 4.78 is 7.06. The number of anilines is 1. The zero-order valence-corrected chi connectivity index (χ0v) is 11.7. The minimum Gasteiger partial charge on any atom is -0.457 e. The first-order valence-electron chi connectivity index (χ1n) is 5.74. The van der Waals surface area contributed by atoms with Crippen LogP contribution >= 0.6 is 15.9 Å². The van der Waals surface area contributed by atoms with Crippen LogP contribution in [-0.4, -0.2) is 20.7 Å². The van der Waals surface area contributed by atoms with Gasteiger partial charge in [-0.25, -0.2) is 9.67 Å². The molecule has 0 saturated heterocycles. The number of pyridine rings is 1. The Labute approximate surface area is 122 Å². The average molecular weight is 333 g/mol. The largest absolute Gasteiger partial charge is 0.457 e. The van der Waals surface area contributed by atoms with Crippen molar-refractivity contribution in [2.75, 3.05) is 5.32 Å². The van der Waals surface area contributed by atoms with E-state index in [1.165, 1.54) is 6.26 Å². The Hall–Kier alpha value is -2.41. The second kappa shape index (κ2) is 5.30. The van der Waals surface area contributed by atoms with E-state index in [1.54, 1.807) is 41.5 Å². The molecule has 20 heavy (non-hydrogen) atoms. The van der Waals surface area contributed by atoms with E-state index in [0.717, 1.165) is 0 Å². The van der Waals surface area contributed by atoms with Gasteiger partial charge in [0.05, 0.1) is 23.7 Å². The van der Waals surface area contributed by atoms with E-state index in [2.05, 4.69) is 31.3 Å². The lowest BCUT2D eigenvalue weighted by Crippen LogP contribution is -2.12. The van der Waals surface area contributed by atoms with E-state index in [0.29, 0.717) is 21.7 Å². The molecule has 1 amide bonds. The van der Waals surface area contributed by atoms with Crippen LogP contribution in [0.2, 0.25) is 0 Å². The van der Waals surface area contributed by atoms with Crippen LogP contribution in [0.3, 0.4) is 0 Å². The number of nitrogens with zero attached hydrogens (tertiary/aromatic N) is 3. The second-order valence-corrected chi connectivity index (χ2v) is 4.64.